The second-order valence-electron chi connectivity index (χ2n) is 3.81. The van der Waals surface area contributed by atoms with Crippen LogP contribution in [0.25, 0.3) is 0 Å². The van der Waals surface area contributed by atoms with Gasteiger partial charge in [-0.15, -0.1) is 22.9 Å². The molecular formula is C13H12Cl2S. The lowest BCUT2D eigenvalue weighted by molar-refractivity contribution is 1.15. The van der Waals surface area contributed by atoms with Gasteiger partial charge in [0, 0.05) is 14.8 Å². The van der Waals surface area contributed by atoms with E-state index < -0.39 is 0 Å². The van der Waals surface area contributed by atoms with Gasteiger partial charge in [-0.3, -0.25) is 0 Å². The van der Waals surface area contributed by atoms with Gasteiger partial charge >= 0.3 is 0 Å². The van der Waals surface area contributed by atoms with Gasteiger partial charge in [-0.2, -0.15) is 0 Å². The summed E-state index contributed by atoms with van der Waals surface area (Å²) in [5.41, 5.74) is 2.27. The zero-order chi connectivity index (χ0) is 11.7. The Morgan fingerprint density at radius 1 is 1.12 bits per heavy atom. The van der Waals surface area contributed by atoms with Gasteiger partial charge in [-0.05, 0) is 49.2 Å². The molecule has 0 spiro atoms. The molecule has 1 unspecified atom stereocenters. The van der Waals surface area contributed by atoms with Crippen LogP contribution in [-0.4, -0.2) is 0 Å². The number of thiophene rings is 1. The number of halogens is 2. The van der Waals surface area contributed by atoms with Crippen molar-refractivity contribution >= 4 is 34.5 Å². The molecule has 3 heteroatoms. The molecule has 2 aromatic rings. The van der Waals surface area contributed by atoms with Crippen molar-refractivity contribution in [2.24, 2.45) is 0 Å². The number of hydrogen-bond donors (Lipinski definition) is 0. The van der Waals surface area contributed by atoms with E-state index in [-0.39, 0.29) is 5.38 Å². The van der Waals surface area contributed by atoms with Crippen LogP contribution in [0.15, 0.2) is 30.3 Å². The van der Waals surface area contributed by atoms with Crippen LogP contribution < -0.4 is 0 Å². The Morgan fingerprint density at radius 3 is 2.50 bits per heavy atom. The van der Waals surface area contributed by atoms with Crippen LogP contribution in [0.2, 0.25) is 5.02 Å². The summed E-state index contributed by atoms with van der Waals surface area (Å²) in [4.78, 5) is 2.45. The lowest BCUT2D eigenvalue weighted by Crippen LogP contribution is -1.93. The smallest absolute Gasteiger partial charge is 0.0930 e. The minimum Gasteiger partial charge on any atom is -0.144 e. The molecule has 84 valence electrons. The van der Waals surface area contributed by atoms with Gasteiger partial charge in [0.15, 0.2) is 0 Å². The van der Waals surface area contributed by atoms with Gasteiger partial charge in [0.2, 0.25) is 0 Å². The summed E-state index contributed by atoms with van der Waals surface area (Å²) in [5.74, 6) is 0. The predicted molar refractivity (Wildman–Crippen MR) is 72.9 cm³/mol. The third kappa shape index (κ3) is 2.42. The van der Waals surface area contributed by atoms with Crippen molar-refractivity contribution < 1.29 is 0 Å². The molecule has 0 aliphatic carbocycles. The van der Waals surface area contributed by atoms with Gasteiger partial charge in [0.25, 0.3) is 0 Å². The minimum atomic E-state index is -0.0996. The molecule has 0 saturated carbocycles. The molecule has 0 aliphatic heterocycles. The van der Waals surface area contributed by atoms with Crippen molar-refractivity contribution in [1.29, 1.82) is 0 Å². The first-order chi connectivity index (χ1) is 7.58. The third-order valence-corrected chi connectivity index (χ3v) is 4.43. The van der Waals surface area contributed by atoms with Crippen LogP contribution in [0.4, 0.5) is 0 Å². The van der Waals surface area contributed by atoms with E-state index in [1.54, 1.807) is 11.3 Å². The van der Waals surface area contributed by atoms with Gasteiger partial charge in [0.1, 0.15) is 0 Å². The molecule has 1 heterocycles. The summed E-state index contributed by atoms with van der Waals surface area (Å²) in [6.07, 6.45) is 0. The Morgan fingerprint density at radius 2 is 1.88 bits per heavy atom. The van der Waals surface area contributed by atoms with E-state index in [1.807, 2.05) is 18.2 Å². The average Bonchev–Trinajstić information content (AvgIpc) is 2.67. The first-order valence-corrected chi connectivity index (χ1v) is 6.67. The Hall–Kier alpha value is -0.500. The van der Waals surface area contributed by atoms with E-state index in [9.17, 15) is 0 Å². The number of hydrogen-bond acceptors (Lipinski definition) is 1. The number of aryl methyl sites for hydroxylation is 2. The summed E-state index contributed by atoms with van der Waals surface area (Å²) in [6, 6.07) is 10.0. The fourth-order valence-corrected chi connectivity index (χ4v) is 3.12. The monoisotopic (exact) mass is 270 g/mol. The van der Waals surface area contributed by atoms with E-state index in [4.69, 9.17) is 23.2 Å². The van der Waals surface area contributed by atoms with E-state index >= 15 is 0 Å². The predicted octanol–water partition coefficient (Wildman–Crippen LogP) is 5.35. The maximum atomic E-state index is 6.47. The second-order valence-corrected chi connectivity index (χ2v) is 6.00. The van der Waals surface area contributed by atoms with Crippen LogP contribution in [0.5, 0.6) is 0 Å². The van der Waals surface area contributed by atoms with Gasteiger partial charge in [-0.25, -0.2) is 0 Å². The summed E-state index contributed by atoms with van der Waals surface area (Å²) in [7, 11) is 0. The molecule has 0 N–H and O–H groups in total. The van der Waals surface area contributed by atoms with Crippen molar-refractivity contribution in [3.05, 3.63) is 56.2 Å². The molecule has 0 saturated heterocycles. The molecule has 1 atom stereocenters. The summed E-state index contributed by atoms with van der Waals surface area (Å²) in [6.45, 7) is 4.14. The van der Waals surface area contributed by atoms with E-state index in [2.05, 4.69) is 26.0 Å². The van der Waals surface area contributed by atoms with Crippen LogP contribution >= 0.6 is 34.5 Å². The quantitative estimate of drug-likeness (QED) is 0.646. The highest BCUT2D eigenvalue weighted by Crippen LogP contribution is 2.36. The fraction of sp³-hybridized carbons (Fsp3) is 0.231. The lowest BCUT2D eigenvalue weighted by Gasteiger charge is -2.11. The molecule has 1 aromatic carbocycles. The Balaban J connectivity index is 2.40. The SMILES string of the molecule is Cc1ccc(C(Cl)c2cc(Cl)ccc2C)s1. The summed E-state index contributed by atoms with van der Waals surface area (Å²) in [5, 5.41) is 0.636. The maximum absolute atomic E-state index is 6.47. The average molecular weight is 271 g/mol. The van der Waals surface area contributed by atoms with Crippen LogP contribution in [0.1, 0.15) is 26.3 Å². The third-order valence-electron chi connectivity index (χ3n) is 2.53. The summed E-state index contributed by atoms with van der Waals surface area (Å²) >= 11 is 14.2. The highest BCUT2D eigenvalue weighted by atomic mass is 35.5. The highest BCUT2D eigenvalue weighted by molar-refractivity contribution is 7.12. The molecule has 0 nitrogen and oxygen atoms in total. The maximum Gasteiger partial charge on any atom is 0.0930 e. The van der Waals surface area contributed by atoms with Crippen molar-refractivity contribution in [2.45, 2.75) is 19.2 Å². The van der Waals surface area contributed by atoms with Crippen molar-refractivity contribution in [3.8, 4) is 0 Å². The van der Waals surface area contributed by atoms with Gasteiger partial charge < -0.3 is 0 Å². The van der Waals surface area contributed by atoms with Crippen molar-refractivity contribution in [1.82, 2.24) is 0 Å². The molecule has 0 bridgehead atoms. The standard InChI is InChI=1S/C13H12Cl2S/c1-8-3-5-10(14)7-11(8)13(15)12-6-4-9(2)16-12/h3-7,13H,1-2H3. The second kappa shape index (κ2) is 4.79. The van der Waals surface area contributed by atoms with Crippen LogP contribution in [0.3, 0.4) is 0 Å². The zero-order valence-electron chi connectivity index (χ0n) is 9.13. The molecule has 2 rings (SSSR count). The number of benzene rings is 1. The first kappa shape index (κ1) is 12.0. The number of alkyl halides is 1. The lowest BCUT2D eigenvalue weighted by atomic mass is 10.0. The van der Waals surface area contributed by atoms with E-state index in [1.165, 1.54) is 15.3 Å². The molecule has 1 aromatic heterocycles. The molecule has 16 heavy (non-hydrogen) atoms. The largest absolute Gasteiger partial charge is 0.144 e. The summed E-state index contributed by atoms with van der Waals surface area (Å²) < 4.78 is 0. The molecule has 0 amide bonds. The molecule has 0 aliphatic rings. The molecule has 0 fully saturated rings. The van der Waals surface area contributed by atoms with E-state index in [0.29, 0.717) is 0 Å². The molecular weight excluding hydrogens is 259 g/mol. The number of rotatable bonds is 2. The van der Waals surface area contributed by atoms with Gasteiger partial charge in [0.05, 0.1) is 5.38 Å². The van der Waals surface area contributed by atoms with Crippen LogP contribution in [0, 0.1) is 13.8 Å². The first-order valence-electron chi connectivity index (χ1n) is 5.04. The minimum absolute atomic E-state index is 0.0996. The fourth-order valence-electron chi connectivity index (χ4n) is 1.63. The van der Waals surface area contributed by atoms with Crippen molar-refractivity contribution in [3.63, 3.8) is 0 Å². The zero-order valence-corrected chi connectivity index (χ0v) is 11.5. The highest BCUT2D eigenvalue weighted by Gasteiger charge is 2.15. The van der Waals surface area contributed by atoms with Crippen LogP contribution in [-0.2, 0) is 0 Å². The van der Waals surface area contributed by atoms with Gasteiger partial charge in [-0.1, -0.05) is 17.7 Å². The Kier molecular flexibility index (Phi) is 3.58. The van der Waals surface area contributed by atoms with Crippen molar-refractivity contribution in [2.75, 3.05) is 0 Å². The normalized spacial score (nSPS) is 12.8. The molecule has 0 radical (unpaired) electrons. The van der Waals surface area contributed by atoms with E-state index in [0.717, 1.165) is 10.6 Å². The Labute approximate surface area is 110 Å². The Bertz CT molecular complexity index is 502. The topological polar surface area (TPSA) is 0 Å².